The molecule has 2 unspecified atom stereocenters. The van der Waals surface area contributed by atoms with Gasteiger partial charge in [0.1, 0.15) is 5.60 Å². The van der Waals surface area contributed by atoms with E-state index < -0.39 is 34.3 Å². The molecule has 23 heavy (non-hydrogen) atoms. The molecule has 0 rings (SSSR count). The number of hydrogen-bond donors (Lipinski definition) is 1. The summed E-state index contributed by atoms with van der Waals surface area (Å²) in [6.07, 6.45) is 0.201. The molecule has 0 spiro atoms. The van der Waals surface area contributed by atoms with Gasteiger partial charge in [-0.2, -0.15) is 0 Å². The van der Waals surface area contributed by atoms with Crippen molar-refractivity contribution in [2.45, 2.75) is 60.5 Å². The second-order valence-corrected chi connectivity index (χ2v) is 6.82. The second-order valence-electron chi connectivity index (χ2n) is 6.82. The zero-order valence-electron chi connectivity index (χ0n) is 15.1. The fourth-order valence-electron chi connectivity index (χ4n) is 2.26. The summed E-state index contributed by atoms with van der Waals surface area (Å²) in [4.78, 5) is 36.5. The van der Waals surface area contributed by atoms with Gasteiger partial charge in [0.15, 0.2) is 5.41 Å². The van der Waals surface area contributed by atoms with Crippen molar-refractivity contribution in [3.8, 4) is 0 Å². The van der Waals surface area contributed by atoms with Crippen LogP contribution in [0.5, 0.6) is 0 Å². The molecule has 6 nitrogen and oxygen atoms in total. The standard InChI is InChI=1S/C17H28O6/c1-9-16(7,11(3)12(18)23-15(4,5)6)17(8,13(19)20)14(21)22-10-2/h3,9-10H2,1-2,4-8H3,(H,19,20). The molecule has 1 N–H and O–H groups in total. The minimum atomic E-state index is -1.95. The van der Waals surface area contributed by atoms with E-state index in [0.29, 0.717) is 0 Å². The van der Waals surface area contributed by atoms with Crippen LogP contribution < -0.4 is 0 Å². The van der Waals surface area contributed by atoms with Crippen molar-refractivity contribution in [3.63, 3.8) is 0 Å². The number of esters is 2. The van der Waals surface area contributed by atoms with E-state index in [0.717, 1.165) is 0 Å². The molecule has 0 fully saturated rings. The van der Waals surface area contributed by atoms with Gasteiger partial charge in [0.2, 0.25) is 0 Å². The highest BCUT2D eigenvalue weighted by molar-refractivity contribution is 6.03. The van der Waals surface area contributed by atoms with E-state index in [4.69, 9.17) is 9.47 Å². The van der Waals surface area contributed by atoms with E-state index in [1.165, 1.54) is 13.8 Å². The third-order valence-corrected chi connectivity index (χ3v) is 4.23. The molecule has 132 valence electrons. The lowest BCUT2D eigenvalue weighted by molar-refractivity contribution is -0.176. The molecule has 0 aliphatic heterocycles. The number of rotatable bonds is 7. The molecule has 2 atom stereocenters. The highest BCUT2D eigenvalue weighted by atomic mass is 16.6. The summed E-state index contributed by atoms with van der Waals surface area (Å²) < 4.78 is 10.2. The van der Waals surface area contributed by atoms with Crippen molar-refractivity contribution in [1.29, 1.82) is 0 Å². The van der Waals surface area contributed by atoms with Crippen LogP contribution in [0.1, 0.15) is 54.9 Å². The van der Waals surface area contributed by atoms with Crippen LogP contribution in [0.4, 0.5) is 0 Å². The van der Waals surface area contributed by atoms with Crippen molar-refractivity contribution in [2.75, 3.05) is 6.61 Å². The predicted octanol–water partition coefficient (Wildman–Crippen LogP) is 2.95. The van der Waals surface area contributed by atoms with Gasteiger partial charge >= 0.3 is 17.9 Å². The zero-order chi connectivity index (χ0) is 18.6. The van der Waals surface area contributed by atoms with Gasteiger partial charge in [-0.25, -0.2) is 4.79 Å². The zero-order valence-corrected chi connectivity index (χ0v) is 15.1. The number of carbonyl (C=O) groups is 3. The quantitative estimate of drug-likeness (QED) is 0.439. The molecule has 0 heterocycles. The van der Waals surface area contributed by atoms with Gasteiger partial charge in [-0.3, -0.25) is 9.59 Å². The van der Waals surface area contributed by atoms with Crippen molar-refractivity contribution < 1.29 is 29.0 Å². The molecule has 0 radical (unpaired) electrons. The molecule has 6 heteroatoms. The van der Waals surface area contributed by atoms with Gasteiger partial charge in [-0.1, -0.05) is 20.4 Å². The Balaban J connectivity index is 5.96. The fraction of sp³-hybridized carbons (Fsp3) is 0.706. The van der Waals surface area contributed by atoms with Crippen molar-refractivity contribution in [1.82, 2.24) is 0 Å². The van der Waals surface area contributed by atoms with Crippen LogP contribution in [-0.4, -0.2) is 35.2 Å². The summed E-state index contributed by atoms with van der Waals surface area (Å²) in [6, 6.07) is 0. The van der Waals surface area contributed by atoms with Crippen LogP contribution in [0.15, 0.2) is 12.2 Å². The summed E-state index contributed by atoms with van der Waals surface area (Å²) in [5.41, 5.74) is -4.12. The smallest absolute Gasteiger partial charge is 0.334 e. The van der Waals surface area contributed by atoms with E-state index in [9.17, 15) is 19.5 Å². The largest absolute Gasteiger partial charge is 0.480 e. The molecule has 0 aromatic rings. The first-order valence-corrected chi connectivity index (χ1v) is 7.61. The summed E-state index contributed by atoms with van der Waals surface area (Å²) in [7, 11) is 0. The van der Waals surface area contributed by atoms with Gasteiger partial charge in [0.05, 0.1) is 6.61 Å². The molecule has 0 aliphatic carbocycles. The minimum absolute atomic E-state index is 0.0421. The topological polar surface area (TPSA) is 89.9 Å². The second kappa shape index (κ2) is 7.15. The number of aliphatic carboxylic acids is 1. The first-order chi connectivity index (χ1) is 10.3. The summed E-state index contributed by atoms with van der Waals surface area (Å²) in [5, 5.41) is 9.67. The lowest BCUT2D eigenvalue weighted by Gasteiger charge is -2.41. The SMILES string of the molecule is C=C(C(=O)OC(C)(C)C)C(C)(CC)C(C)(C(=O)O)C(=O)OCC. The summed E-state index contributed by atoms with van der Waals surface area (Å²) >= 11 is 0. The Bertz CT molecular complexity index is 502. The maximum absolute atomic E-state index is 12.3. The van der Waals surface area contributed by atoms with E-state index in [1.54, 1.807) is 34.6 Å². The van der Waals surface area contributed by atoms with Gasteiger partial charge in [-0.15, -0.1) is 0 Å². The van der Waals surface area contributed by atoms with Gasteiger partial charge in [0, 0.05) is 11.0 Å². The summed E-state index contributed by atoms with van der Waals surface area (Å²) in [5.74, 6) is -3.00. The number of hydrogen-bond acceptors (Lipinski definition) is 5. The molecule has 0 bridgehead atoms. The van der Waals surface area contributed by atoms with E-state index in [-0.39, 0.29) is 18.6 Å². The first-order valence-electron chi connectivity index (χ1n) is 7.61. The Morgan fingerprint density at radius 2 is 1.52 bits per heavy atom. The third kappa shape index (κ3) is 4.12. The lowest BCUT2D eigenvalue weighted by Crippen LogP contribution is -2.52. The van der Waals surface area contributed by atoms with E-state index in [1.807, 2.05) is 0 Å². The van der Waals surface area contributed by atoms with Crippen LogP contribution in [0, 0.1) is 10.8 Å². The Morgan fingerprint density at radius 3 is 1.83 bits per heavy atom. The average molecular weight is 328 g/mol. The Kier molecular flexibility index (Phi) is 6.57. The van der Waals surface area contributed by atoms with E-state index in [2.05, 4.69) is 6.58 Å². The van der Waals surface area contributed by atoms with Crippen molar-refractivity contribution >= 4 is 17.9 Å². The Hall–Kier alpha value is -1.85. The molecule has 0 aromatic carbocycles. The monoisotopic (exact) mass is 328 g/mol. The molecular weight excluding hydrogens is 300 g/mol. The van der Waals surface area contributed by atoms with Crippen LogP contribution in [0.2, 0.25) is 0 Å². The van der Waals surface area contributed by atoms with Gasteiger partial charge in [-0.05, 0) is 41.0 Å². The predicted molar refractivity (Wildman–Crippen MR) is 85.8 cm³/mol. The summed E-state index contributed by atoms with van der Waals surface area (Å²) in [6.45, 7) is 14.9. The minimum Gasteiger partial charge on any atom is -0.480 e. The molecule has 0 saturated heterocycles. The molecular formula is C17H28O6. The van der Waals surface area contributed by atoms with Crippen molar-refractivity contribution in [2.24, 2.45) is 10.8 Å². The maximum atomic E-state index is 12.3. The van der Waals surface area contributed by atoms with Gasteiger partial charge < -0.3 is 14.6 Å². The molecule has 0 aliphatic rings. The highest BCUT2D eigenvalue weighted by Gasteiger charge is 2.59. The van der Waals surface area contributed by atoms with Gasteiger partial charge in [0.25, 0.3) is 0 Å². The normalized spacial score (nSPS) is 16.7. The average Bonchev–Trinajstić information content (AvgIpc) is 2.42. The van der Waals surface area contributed by atoms with Crippen LogP contribution >= 0.6 is 0 Å². The number of carboxylic acids is 1. The number of carbonyl (C=O) groups excluding carboxylic acids is 2. The lowest BCUT2D eigenvalue weighted by atomic mass is 9.60. The molecule has 0 saturated carbocycles. The third-order valence-electron chi connectivity index (χ3n) is 4.23. The Labute approximate surface area is 137 Å². The van der Waals surface area contributed by atoms with E-state index >= 15 is 0 Å². The van der Waals surface area contributed by atoms with Crippen LogP contribution in [-0.2, 0) is 23.9 Å². The van der Waals surface area contributed by atoms with Crippen LogP contribution in [0.25, 0.3) is 0 Å². The number of carboxylic acid groups (broad SMARTS) is 1. The maximum Gasteiger partial charge on any atom is 0.334 e. The van der Waals surface area contributed by atoms with Crippen LogP contribution in [0.3, 0.4) is 0 Å². The molecule has 0 amide bonds. The molecule has 0 aromatic heterocycles. The number of ether oxygens (including phenoxy) is 2. The highest BCUT2D eigenvalue weighted by Crippen LogP contribution is 2.48. The fourth-order valence-corrected chi connectivity index (χ4v) is 2.26. The first kappa shape index (κ1) is 21.1. The Morgan fingerprint density at radius 1 is 1.04 bits per heavy atom. The van der Waals surface area contributed by atoms with Crippen molar-refractivity contribution in [3.05, 3.63) is 12.2 Å².